The fraction of sp³-hybridized carbons (Fsp3) is 0.231. The Labute approximate surface area is 209 Å². The first-order valence-corrected chi connectivity index (χ1v) is 11.6. The van der Waals surface area contributed by atoms with Crippen LogP contribution in [0.1, 0.15) is 23.3 Å². The molecule has 182 valence electrons. The molecular formula is C26H24B2O8. The second kappa shape index (κ2) is 10.7. The van der Waals surface area contributed by atoms with Gasteiger partial charge in [0.2, 0.25) is 0 Å². The van der Waals surface area contributed by atoms with Gasteiger partial charge in [0.15, 0.2) is 12.2 Å². The summed E-state index contributed by atoms with van der Waals surface area (Å²) >= 11 is 0. The Morgan fingerprint density at radius 2 is 1.03 bits per heavy atom. The molecule has 2 aliphatic heterocycles. The molecule has 5 rings (SSSR count). The maximum Gasteiger partial charge on any atom is 0.495 e. The van der Waals surface area contributed by atoms with Crippen molar-refractivity contribution in [3.63, 3.8) is 0 Å². The van der Waals surface area contributed by atoms with Gasteiger partial charge in [0.25, 0.3) is 0 Å². The lowest BCUT2D eigenvalue weighted by molar-refractivity contribution is -0.150. The van der Waals surface area contributed by atoms with Crippen LogP contribution in [0.2, 0.25) is 0 Å². The zero-order valence-electron chi connectivity index (χ0n) is 19.8. The van der Waals surface area contributed by atoms with Crippen molar-refractivity contribution in [3.05, 3.63) is 96.1 Å². The third-order valence-electron chi connectivity index (χ3n) is 6.21. The van der Waals surface area contributed by atoms with E-state index < -0.39 is 50.6 Å². The topological polar surface area (TPSA) is 89.5 Å². The van der Waals surface area contributed by atoms with Gasteiger partial charge in [0.05, 0.1) is 14.2 Å². The fourth-order valence-corrected chi connectivity index (χ4v) is 4.43. The van der Waals surface area contributed by atoms with Crippen LogP contribution in [-0.4, -0.2) is 52.6 Å². The zero-order chi connectivity index (χ0) is 25.1. The average molecular weight is 486 g/mol. The summed E-state index contributed by atoms with van der Waals surface area (Å²) < 4.78 is 34.2. The molecule has 0 radical (unpaired) electrons. The lowest BCUT2D eigenvalue weighted by Crippen LogP contribution is -2.40. The van der Waals surface area contributed by atoms with Gasteiger partial charge < -0.3 is 28.1 Å². The predicted octanol–water partition coefficient (Wildman–Crippen LogP) is 1.74. The van der Waals surface area contributed by atoms with Crippen molar-refractivity contribution in [3.8, 4) is 0 Å². The van der Waals surface area contributed by atoms with E-state index in [0.29, 0.717) is 10.9 Å². The molecule has 2 aliphatic rings. The number of esters is 2. The molecule has 2 saturated heterocycles. The number of carbonyl (C=O) groups is 2. The lowest BCUT2D eigenvalue weighted by atomic mass is 9.72. The van der Waals surface area contributed by atoms with Gasteiger partial charge in [-0.15, -0.1) is 0 Å². The number of methoxy groups -OCH3 is 2. The molecule has 0 unspecified atom stereocenters. The van der Waals surface area contributed by atoms with Crippen LogP contribution in [0.25, 0.3) is 0 Å². The Kier molecular flexibility index (Phi) is 7.20. The van der Waals surface area contributed by atoms with Crippen LogP contribution in [0.15, 0.2) is 84.9 Å². The van der Waals surface area contributed by atoms with E-state index in [4.69, 9.17) is 28.1 Å². The number of hydrogen-bond acceptors (Lipinski definition) is 8. The lowest BCUT2D eigenvalue weighted by Gasteiger charge is -2.16. The van der Waals surface area contributed by atoms with Gasteiger partial charge >= 0.3 is 26.2 Å². The molecular weight excluding hydrogens is 462 g/mol. The third kappa shape index (κ3) is 4.81. The summed E-state index contributed by atoms with van der Waals surface area (Å²) in [6.45, 7) is 0. The predicted molar refractivity (Wildman–Crippen MR) is 132 cm³/mol. The Morgan fingerprint density at radius 1 is 0.611 bits per heavy atom. The molecule has 0 N–H and O–H groups in total. The van der Waals surface area contributed by atoms with Crippen LogP contribution in [0.5, 0.6) is 0 Å². The van der Waals surface area contributed by atoms with E-state index >= 15 is 0 Å². The minimum Gasteiger partial charge on any atom is -0.467 e. The van der Waals surface area contributed by atoms with Crippen molar-refractivity contribution in [2.45, 2.75) is 24.4 Å². The average Bonchev–Trinajstić information content (AvgIpc) is 3.59. The largest absolute Gasteiger partial charge is 0.495 e. The van der Waals surface area contributed by atoms with Crippen molar-refractivity contribution in [1.29, 1.82) is 0 Å². The molecule has 0 aliphatic carbocycles. The van der Waals surface area contributed by atoms with Crippen molar-refractivity contribution in [1.82, 2.24) is 0 Å². The minimum absolute atomic E-state index is 0.517. The Hall–Kier alpha value is -3.43. The third-order valence-corrected chi connectivity index (χ3v) is 6.21. The van der Waals surface area contributed by atoms with Crippen LogP contribution in [0, 0.1) is 0 Å². The minimum atomic E-state index is -0.920. The van der Waals surface area contributed by atoms with E-state index in [1.54, 1.807) is 0 Å². The highest BCUT2D eigenvalue weighted by atomic mass is 16.7. The molecule has 0 bridgehead atoms. The summed E-state index contributed by atoms with van der Waals surface area (Å²) in [6.07, 6.45) is -3.10. The number of ether oxygens (including phenoxy) is 2. The number of hydrogen-bond donors (Lipinski definition) is 0. The molecule has 4 atom stereocenters. The summed E-state index contributed by atoms with van der Waals surface area (Å²) in [4.78, 5) is 24.9. The summed E-state index contributed by atoms with van der Waals surface area (Å²) in [5.41, 5.74) is 2.95. The molecule has 0 amide bonds. The quantitative estimate of drug-likeness (QED) is 0.385. The standard InChI is InChI=1S/C26H24B2O8/c1-31-25(29)23-21(17-10-5-3-6-11-17)33-27(35-23)19-14-9-15-20(16-19)28-34-22(18-12-7-4-8-13-18)24(36-28)26(30)32-2/h3-16,21-24H,1-2H3/t21-,22-,23+,24+/m0/s1. The second-order valence-electron chi connectivity index (χ2n) is 8.43. The smallest absolute Gasteiger partial charge is 0.467 e. The van der Waals surface area contributed by atoms with Crippen LogP contribution >= 0.6 is 0 Å². The Morgan fingerprint density at radius 3 is 1.42 bits per heavy atom. The van der Waals surface area contributed by atoms with Crippen LogP contribution in [-0.2, 0) is 37.7 Å². The highest BCUT2D eigenvalue weighted by molar-refractivity contribution is 6.66. The van der Waals surface area contributed by atoms with Crippen molar-refractivity contribution < 1.29 is 37.7 Å². The second-order valence-corrected chi connectivity index (χ2v) is 8.43. The molecule has 3 aromatic rings. The first-order chi connectivity index (χ1) is 17.6. The van der Waals surface area contributed by atoms with E-state index in [1.165, 1.54) is 14.2 Å². The maximum absolute atomic E-state index is 12.4. The molecule has 3 aromatic carbocycles. The number of rotatable bonds is 6. The Balaban J connectivity index is 1.39. The van der Waals surface area contributed by atoms with Crippen LogP contribution in [0.3, 0.4) is 0 Å². The highest BCUT2D eigenvalue weighted by Crippen LogP contribution is 2.33. The van der Waals surface area contributed by atoms with Crippen LogP contribution in [0.4, 0.5) is 0 Å². The summed E-state index contributed by atoms with van der Waals surface area (Å²) in [7, 11) is 0.998. The van der Waals surface area contributed by atoms with E-state index in [9.17, 15) is 9.59 Å². The van der Waals surface area contributed by atoms with Gasteiger partial charge in [-0.2, -0.15) is 0 Å². The molecule has 36 heavy (non-hydrogen) atoms. The van der Waals surface area contributed by atoms with Gasteiger partial charge in [-0.05, 0) is 22.1 Å². The molecule has 2 heterocycles. The SMILES string of the molecule is COC(=O)[C@@H]1OB(c2cccc(B3O[C@@H](C(=O)OC)[C@H](c4ccccc4)O3)c2)O[C@H]1c1ccccc1. The monoisotopic (exact) mass is 486 g/mol. The summed E-state index contributed by atoms with van der Waals surface area (Å²) in [6, 6.07) is 26.1. The molecule has 0 spiro atoms. The normalized spacial score (nSPS) is 23.5. The summed E-state index contributed by atoms with van der Waals surface area (Å²) in [5.74, 6) is -1.03. The van der Waals surface area contributed by atoms with Gasteiger partial charge in [-0.3, -0.25) is 0 Å². The number of benzene rings is 3. The molecule has 10 heteroatoms. The maximum atomic E-state index is 12.4. The van der Waals surface area contributed by atoms with Gasteiger partial charge in [-0.1, -0.05) is 84.9 Å². The van der Waals surface area contributed by atoms with Crippen molar-refractivity contribution in [2.75, 3.05) is 14.2 Å². The van der Waals surface area contributed by atoms with Gasteiger partial charge in [-0.25, -0.2) is 9.59 Å². The number of carbonyl (C=O) groups excluding carboxylic acids is 2. The Bertz CT molecular complexity index is 1120. The first kappa shape index (κ1) is 24.3. The molecule has 8 nitrogen and oxygen atoms in total. The first-order valence-electron chi connectivity index (χ1n) is 11.6. The zero-order valence-corrected chi connectivity index (χ0v) is 19.8. The molecule has 0 saturated carbocycles. The van der Waals surface area contributed by atoms with Gasteiger partial charge in [0.1, 0.15) is 12.2 Å². The van der Waals surface area contributed by atoms with E-state index in [-0.39, 0.29) is 0 Å². The van der Waals surface area contributed by atoms with E-state index in [2.05, 4.69) is 0 Å². The molecule has 0 aromatic heterocycles. The van der Waals surface area contributed by atoms with Crippen LogP contribution < -0.4 is 10.9 Å². The van der Waals surface area contributed by atoms with E-state index in [1.807, 2.05) is 84.9 Å². The summed E-state index contributed by atoms with van der Waals surface area (Å²) in [5, 5.41) is 0. The van der Waals surface area contributed by atoms with Crippen molar-refractivity contribution in [2.24, 2.45) is 0 Å². The van der Waals surface area contributed by atoms with Crippen molar-refractivity contribution >= 4 is 37.1 Å². The fourth-order valence-electron chi connectivity index (χ4n) is 4.43. The van der Waals surface area contributed by atoms with Gasteiger partial charge in [0, 0.05) is 0 Å². The molecule has 2 fully saturated rings. The van der Waals surface area contributed by atoms with E-state index in [0.717, 1.165) is 11.1 Å². The highest BCUT2D eigenvalue weighted by Gasteiger charge is 2.48.